The Morgan fingerprint density at radius 2 is 1.88 bits per heavy atom. The Kier molecular flexibility index (Phi) is 4.85. The van der Waals surface area contributed by atoms with Crippen molar-refractivity contribution >= 4 is 11.7 Å². The maximum absolute atomic E-state index is 12.4. The zero-order valence-corrected chi connectivity index (χ0v) is 15.0. The van der Waals surface area contributed by atoms with Gasteiger partial charge in [0.15, 0.2) is 5.82 Å². The number of benzene rings is 2. The number of aromatic nitrogens is 2. The van der Waals surface area contributed by atoms with E-state index < -0.39 is 0 Å². The van der Waals surface area contributed by atoms with Crippen molar-refractivity contribution in [3.05, 3.63) is 77.0 Å². The predicted molar refractivity (Wildman–Crippen MR) is 102 cm³/mol. The average Bonchev–Trinajstić information content (AvgIpc) is 3.02. The molecule has 1 N–H and O–H groups in total. The second kappa shape index (κ2) is 7.24. The second-order valence-electron chi connectivity index (χ2n) is 6.48. The van der Waals surface area contributed by atoms with Crippen LogP contribution >= 0.6 is 0 Å². The molecule has 1 aromatic heterocycles. The minimum atomic E-state index is -0.290. The largest absolute Gasteiger partial charge is 0.305 e. The van der Waals surface area contributed by atoms with Gasteiger partial charge in [0.25, 0.3) is 5.91 Å². The summed E-state index contributed by atoms with van der Waals surface area (Å²) >= 11 is 0. The third-order valence-electron chi connectivity index (χ3n) is 4.19. The molecule has 5 nitrogen and oxygen atoms in total. The first-order valence-corrected chi connectivity index (χ1v) is 8.46. The summed E-state index contributed by atoms with van der Waals surface area (Å²) in [6.07, 6.45) is 0. The van der Waals surface area contributed by atoms with Crippen molar-refractivity contribution in [1.82, 2.24) is 9.78 Å². The van der Waals surface area contributed by atoms with Gasteiger partial charge in [0.05, 0.1) is 17.3 Å². The quantitative estimate of drug-likeness (QED) is 0.761. The van der Waals surface area contributed by atoms with Crippen LogP contribution in [0.5, 0.6) is 0 Å². The Hall–Kier alpha value is -3.39. The van der Waals surface area contributed by atoms with Crippen molar-refractivity contribution < 1.29 is 4.79 Å². The van der Waals surface area contributed by atoms with E-state index in [1.165, 1.54) is 5.56 Å². The van der Waals surface area contributed by atoms with Crippen molar-refractivity contribution in [1.29, 1.82) is 5.26 Å². The molecule has 1 amide bonds. The number of aryl methyl sites for hydroxylation is 1. The van der Waals surface area contributed by atoms with Crippen LogP contribution in [-0.4, -0.2) is 15.7 Å². The number of rotatable bonds is 4. The molecule has 3 aromatic rings. The van der Waals surface area contributed by atoms with E-state index in [9.17, 15) is 4.79 Å². The summed E-state index contributed by atoms with van der Waals surface area (Å²) in [5.74, 6) is 0.659. The van der Waals surface area contributed by atoms with E-state index in [0.717, 1.165) is 11.4 Å². The highest BCUT2D eigenvalue weighted by Crippen LogP contribution is 2.19. The van der Waals surface area contributed by atoms with E-state index in [-0.39, 0.29) is 5.91 Å². The van der Waals surface area contributed by atoms with E-state index in [2.05, 4.69) is 36.4 Å². The first kappa shape index (κ1) is 17.4. The monoisotopic (exact) mass is 344 g/mol. The zero-order valence-electron chi connectivity index (χ0n) is 15.0. The lowest BCUT2D eigenvalue weighted by molar-refractivity contribution is 0.102. The number of carbonyl (C=O) groups excluding carboxylic acids is 1. The molecule has 0 saturated carbocycles. The first-order valence-electron chi connectivity index (χ1n) is 8.46. The van der Waals surface area contributed by atoms with Gasteiger partial charge in [-0.2, -0.15) is 5.26 Å². The van der Waals surface area contributed by atoms with Crippen molar-refractivity contribution in [3.8, 4) is 11.8 Å². The first-order chi connectivity index (χ1) is 12.5. The minimum absolute atomic E-state index is 0.290. The van der Waals surface area contributed by atoms with E-state index in [0.29, 0.717) is 22.9 Å². The fraction of sp³-hybridized carbons (Fsp3) is 0.190. The summed E-state index contributed by atoms with van der Waals surface area (Å²) in [5, 5.41) is 16.2. The number of carbonyl (C=O) groups is 1. The second-order valence-corrected chi connectivity index (χ2v) is 6.48. The van der Waals surface area contributed by atoms with Crippen LogP contribution in [0.15, 0.2) is 54.6 Å². The third kappa shape index (κ3) is 3.65. The summed E-state index contributed by atoms with van der Waals surface area (Å²) < 4.78 is 1.80. The van der Waals surface area contributed by atoms with E-state index in [1.54, 1.807) is 28.9 Å². The lowest BCUT2D eigenvalue weighted by atomic mass is 10.0. The summed E-state index contributed by atoms with van der Waals surface area (Å²) in [6.45, 7) is 6.25. The molecule has 0 spiro atoms. The molecule has 0 unspecified atom stereocenters. The molecule has 0 bridgehead atoms. The summed E-state index contributed by atoms with van der Waals surface area (Å²) in [6, 6.07) is 18.7. The van der Waals surface area contributed by atoms with Crippen LogP contribution in [0.25, 0.3) is 5.69 Å². The molecule has 5 heteroatoms. The molecule has 0 aliphatic carbocycles. The number of nitrogens with zero attached hydrogens (tertiary/aromatic N) is 3. The van der Waals surface area contributed by atoms with E-state index in [4.69, 9.17) is 5.26 Å². The molecule has 26 heavy (non-hydrogen) atoms. The van der Waals surface area contributed by atoms with Gasteiger partial charge in [-0.15, -0.1) is 5.10 Å². The molecule has 130 valence electrons. The topological polar surface area (TPSA) is 70.7 Å². The van der Waals surface area contributed by atoms with Crippen LogP contribution < -0.4 is 5.32 Å². The molecule has 0 saturated heterocycles. The van der Waals surface area contributed by atoms with Crippen LogP contribution in [-0.2, 0) is 0 Å². The van der Waals surface area contributed by atoms with Crippen LogP contribution in [0.2, 0.25) is 0 Å². The van der Waals surface area contributed by atoms with Gasteiger partial charge in [-0.3, -0.25) is 4.79 Å². The van der Waals surface area contributed by atoms with Crippen LogP contribution in [0.3, 0.4) is 0 Å². The highest BCUT2D eigenvalue weighted by Gasteiger charge is 2.12. The molecule has 0 atom stereocenters. The SMILES string of the molecule is Cc1cc(NC(=O)c2cccc(C#N)c2)nn1-c1ccc(C(C)C)cc1. The summed E-state index contributed by atoms with van der Waals surface area (Å²) in [4.78, 5) is 12.4. The zero-order chi connectivity index (χ0) is 18.7. The Labute approximate surface area is 152 Å². The van der Waals surface area contributed by atoms with Gasteiger partial charge in [-0.1, -0.05) is 32.0 Å². The molecular formula is C21H20N4O. The molecule has 1 heterocycles. The minimum Gasteiger partial charge on any atom is -0.305 e. The Morgan fingerprint density at radius 3 is 2.54 bits per heavy atom. The number of anilines is 1. The molecule has 3 rings (SSSR count). The average molecular weight is 344 g/mol. The van der Waals surface area contributed by atoms with Gasteiger partial charge >= 0.3 is 0 Å². The highest BCUT2D eigenvalue weighted by molar-refractivity contribution is 6.04. The number of hydrogen-bond acceptors (Lipinski definition) is 3. The normalized spacial score (nSPS) is 10.6. The van der Waals surface area contributed by atoms with Gasteiger partial charge in [0, 0.05) is 17.3 Å². The van der Waals surface area contributed by atoms with Gasteiger partial charge in [-0.05, 0) is 48.7 Å². The number of nitriles is 1. The Balaban J connectivity index is 1.81. The van der Waals surface area contributed by atoms with Gasteiger partial charge in [0.1, 0.15) is 0 Å². The lowest BCUT2D eigenvalue weighted by Crippen LogP contribution is -2.12. The Morgan fingerprint density at radius 1 is 1.15 bits per heavy atom. The molecular weight excluding hydrogens is 324 g/mol. The van der Waals surface area contributed by atoms with Crippen molar-refractivity contribution in [2.75, 3.05) is 5.32 Å². The molecule has 0 radical (unpaired) electrons. The molecule has 2 aromatic carbocycles. The van der Waals surface area contributed by atoms with E-state index >= 15 is 0 Å². The van der Waals surface area contributed by atoms with Gasteiger partial charge < -0.3 is 5.32 Å². The lowest BCUT2D eigenvalue weighted by Gasteiger charge is -2.08. The molecule has 0 aliphatic rings. The van der Waals surface area contributed by atoms with Gasteiger partial charge in [0.2, 0.25) is 0 Å². The van der Waals surface area contributed by atoms with Gasteiger partial charge in [-0.25, -0.2) is 4.68 Å². The number of amides is 1. The maximum Gasteiger partial charge on any atom is 0.256 e. The predicted octanol–water partition coefficient (Wildman–Crippen LogP) is 4.43. The van der Waals surface area contributed by atoms with Crippen molar-refractivity contribution in [2.24, 2.45) is 0 Å². The number of nitrogens with one attached hydrogen (secondary N) is 1. The fourth-order valence-corrected chi connectivity index (χ4v) is 2.72. The van der Waals surface area contributed by atoms with Crippen molar-refractivity contribution in [3.63, 3.8) is 0 Å². The van der Waals surface area contributed by atoms with Crippen LogP contribution in [0.4, 0.5) is 5.82 Å². The maximum atomic E-state index is 12.4. The van der Waals surface area contributed by atoms with E-state index in [1.807, 2.05) is 31.2 Å². The summed E-state index contributed by atoms with van der Waals surface area (Å²) in [7, 11) is 0. The highest BCUT2D eigenvalue weighted by atomic mass is 16.1. The molecule has 0 fully saturated rings. The standard InChI is InChI=1S/C21H20N4O/c1-14(2)17-7-9-19(10-8-17)25-15(3)11-20(24-25)23-21(26)18-6-4-5-16(12-18)13-22/h4-12,14H,1-3H3,(H,23,24,26). The smallest absolute Gasteiger partial charge is 0.256 e. The Bertz CT molecular complexity index is 978. The summed E-state index contributed by atoms with van der Waals surface area (Å²) in [5.41, 5.74) is 4.01. The molecule has 0 aliphatic heterocycles. The third-order valence-corrected chi connectivity index (χ3v) is 4.19. The van der Waals surface area contributed by atoms with Crippen molar-refractivity contribution in [2.45, 2.75) is 26.7 Å². The number of hydrogen-bond donors (Lipinski definition) is 1. The van der Waals surface area contributed by atoms with Crippen LogP contribution in [0, 0.1) is 18.3 Å². The fourth-order valence-electron chi connectivity index (χ4n) is 2.72. The van der Waals surface area contributed by atoms with Crippen LogP contribution in [0.1, 0.15) is 46.9 Å².